The third kappa shape index (κ3) is 2.60. The van der Waals surface area contributed by atoms with E-state index in [1.165, 1.54) is 0 Å². The molecule has 1 heterocycles. The van der Waals surface area contributed by atoms with Crippen LogP contribution in [0.1, 0.15) is 19.3 Å². The van der Waals surface area contributed by atoms with E-state index in [1.807, 2.05) is 0 Å². The summed E-state index contributed by atoms with van der Waals surface area (Å²) in [6.45, 7) is 2.48. The Labute approximate surface area is 67.3 Å². The first-order chi connectivity index (χ1) is 5.34. The van der Waals surface area contributed by atoms with Gasteiger partial charge in [-0.3, -0.25) is 4.79 Å². The van der Waals surface area contributed by atoms with Gasteiger partial charge in [0, 0.05) is 12.3 Å². The molecule has 0 radical (unpaired) electrons. The second-order valence-electron chi connectivity index (χ2n) is 3.03. The summed E-state index contributed by atoms with van der Waals surface area (Å²) in [5.74, 6) is 0.647. The fourth-order valence-electron chi connectivity index (χ4n) is 1.49. The monoisotopic (exact) mass is 156 g/mol. The van der Waals surface area contributed by atoms with Crippen LogP contribution in [-0.4, -0.2) is 25.4 Å². The van der Waals surface area contributed by atoms with Crippen LogP contribution >= 0.6 is 0 Å². The molecule has 0 aromatic heterocycles. The summed E-state index contributed by atoms with van der Waals surface area (Å²) in [6.07, 6.45) is 2.56. The Morgan fingerprint density at radius 1 is 1.45 bits per heavy atom. The smallest absolute Gasteiger partial charge is 0.137 e. The van der Waals surface area contributed by atoms with Gasteiger partial charge in [-0.05, 0) is 32.5 Å². The first kappa shape index (κ1) is 8.68. The number of ketones is 1. The average Bonchev–Trinajstić information content (AvgIpc) is 2.07. The molecular weight excluding hydrogens is 140 g/mol. The van der Waals surface area contributed by atoms with Crippen molar-refractivity contribution in [1.29, 1.82) is 0 Å². The van der Waals surface area contributed by atoms with E-state index in [2.05, 4.69) is 5.32 Å². The molecule has 11 heavy (non-hydrogen) atoms. The summed E-state index contributed by atoms with van der Waals surface area (Å²) in [5.41, 5.74) is 5.30. The minimum absolute atomic E-state index is 0.291. The van der Waals surface area contributed by atoms with Crippen LogP contribution in [0.15, 0.2) is 0 Å². The number of carbonyl (C=O) groups excluding carboxylic acids is 1. The zero-order valence-corrected chi connectivity index (χ0v) is 6.81. The molecule has 1 saturated heterocycles. The minimum Gasteiger partial charge on any atom is -0.330 e. The topological polar surface area (TPSA) is 55.1 Å². The standard InChI is InChI=1S/C8H16N2O/c9-4-1-8(11)7-2-5-10-6-3-7/h7,10H,1-6,9H2. The van der Waals surface area contributed by atoms with Gasteiger partial charge in [-0.15, -0.1) is 0 Å². The third-order valence-corrected chi connectivity index (χ3v) is 2.19. The molecule has 1 aliphatic heterocycles. The highest BCUT2D eigenvalue weighted by molar-refractivity contribution is 5.81. The molecule has 0 atom stereocenters. The van der Waals surface area contributed by atoms with E-state index in [4.69, 9.17) is 5.73 Å². The SMILES string of the molecule is NCCC(=O)C1CCNCC1. The Kier molecular flexibility index (Phi) is 3.52. The highest BCUT2D eigenvalue weighted by Crippen LogP contribution is 2.13. The number of hydrogen-bond acceptors (Lipinski definition) is 3. The molecule has 0 unspecified atom stereocenters. The molecule has 3 heteroatoms. The van der Waals surface area contributed by atoms with Gasteiger partial charge in [0.25, 0.3) is 0 Å². The maximum absolute atomic E-state index is 11.3. The molecule has 1 rings (SSSR count). The molecule has 0 aromatic carbocycles. The van der Waals surface area contributed by atoms with E-state index in [1.54, 1.807) is 0 Å². The van der Waals surface area contributed by atoms with Crippen molar-refractivity contribution in [2.75, 3.05) is 19.6 Å². The van der Waals surface area contributed by atoms with Crippen molar-refractivity contribution in [2.24, 2.45) is 11.7 Å². The molecule has 0 aromatic rings. The molecule has 1 aliphatic rings. The fourth-order valence-corrected chi connectivity index (χ4v) is 1.49. The highest BCUT2D eigenvalue weighted by atomic mass is 16.1. The summed E-state index contributed by atoms with van der Waals surface area (Å²) in [4.78, 5) is 11.3. The van der Waals surface area contributed by atoms with Crippen molar-refractivity contribution in [3.8, 4) is 0 Å². The lowest BCUT2D eigenvalue weighted by molar-refractivity contribution is -0.123. The van der Waals surface area contributed by atoms with Crippen molar-refractivity contribution in [3.63, 3.8) is 0 Å². The number of Topliss-reactive ketones (excluding diaryl/α,β-unsaturated/α-hetero) is 1. The quantitative estimate of drug-likeness (QED) is 0.600. The molecular formula is C8H16N2O. The number of hydrogen-bond donors (Lipinski definition) is 2. The van der Waals surface area contributed by atoms with Crippen LogP contribution in [0.3, 0.4) is 0 Å². The largest absolute Gasteiger partial charge is 0.330 e. The van der Waals surface area contributed by atoms with E-state index in [-0.39, 0.29) is 0 Å². The van der Waals surface area contributed by atoms with Crippen molar-refractivity contribution >= 4 is 5.78 Å². The lowest BCUT2D eigenvalue weighted by Crippen LogP contribution is -2.32. The van der Waals surface area contributed by atoms with Gasteiger partial charge < -0.3 is 11.1 Å². The highest BCUT2D eigenvalue weighted by Gasteiger charge is 2.19. The van der Waals surface area contributed by atoms with Gasteiger partial charge in [-0.1, -0.05) is 0 Å². The Bertz CT molecular complexity index is 130. The Hall–Kier alpha value is -0.410. The number of nitrogens with two attached hydrogens (primary N) is 1. The van der Waals surface area contributed by atoms with Crippen molar-refractivity contribution in [2.45, 2.75) is 19.3 Å². The van der Waals surface area contributed by atoms with Crippen LogP contribution in [0.4, 0.5) is 0 Å². The van der Waals surface area contributed by atoms with Crippen LogP contribution in [0.5, 0.6) is 0 Å². The zero-order valence-electron chi connectivity index (χ0n) is 6.81. The number of carbonyl (C=O) groups is 1. The van der Waals surface area contributed by atoms with Crippen LogP contribution in [-0.2, 0) is 4.79 Å². The number of piperidine rings is 1. The van der Waals surface area contributed by atoms with E-state index in [0.29, 0.717) is 24.7 Å². The summed E-state index contributed by atoms with van der Waals surface area (Å²) in [5, 5.41) is 3.23. The Morgan fingerprint density at radius 2 is 2.09 bits per heavy atom. The number of rotatable bonds is 3. The lowest BCUT2D eigenvalue weighted by atomic mass is 9.92. The minimum atomic E-state index is 0.291. The fraction of sp³-hybridized carbons (Fsp3) is 0.875. The second kappa shape index (κ2) is 4.46. The maximum Gasteiger partial charge on any atom is 0.137 e. The first-order valence-corrected chi connectivity index (χ1v) is 4.28. The second-order valence-corrected chi connectivity index (χ2v) is 3.03. The van der Waals surface area contributed by atoms with Crippen molar-refractivity contribution in [1.82, 2.24) is 5.32 Å². The summed E-state index contributed by atoms with van der Waals surface area (Å²) >= 11 is 0. The molecule has 0 bridgehead atoms. The van der Waals surface area contributed by atoms with Gasteiger partial charge in [-0.25, -0.2) is 0 Å². The van der Waals surface area contributed by atoms with Gasteiger partial charge in [0.05, 0.1) is 0 Å². The molecule has 3 N–H and O–H groups in total. The van der Waals surface area contributed by atoms with Crippen molar-refractivity contribution in [3.05, 3.63) is 0 Å². The van der Waals surface area contributed by atoms with Gasteiger partial charge >= 0.3 is 0 Å². The van der Waals surface area contributed by atoms with E-state index < -0.39 is 0 Å². The van der Waals surface area contributed by atoms with Gasteiger partial charge in [0.2, 0.25) is 0 Å². The summed E-state index contributed by atoms with van der Waals surface area (Å²) in [7, 11) is 0. The van der Waals surface area contributed by atoms with Crippen LogP contribution in [0, 0.1) is 5.92 Å². The molecule has 0 saturated carbocycles. The van der Waals surface area contributed by atoms with Gasteiger partial charge in [-0.2, -0.15) is 0 Å². The first-order valence-electron chi connectivity index (χ1n) is 4.28. The summed E-state index contributed by atoms with van der Waals surface area (Å²) < 4.78 is 0. The van der Waals surface area contributed by atoms with E-state index in [9.17, 15) is 4.79 Å². The van der Waals surface area contributed by atoms with E-state index >= 15 is 0 Å². The average molecular weight is 156 g/mol. The van der Waals surface area contributed by atoms with Crippen LogP contribution in [0.25, 0.3) is 0 Å². The normalized spacial score (nSPS) is 20.1. The zero-order chi connectivity index (χ0) is 8.10. The summed E-state index contributed by atoms with van der Waals surface area (Å²) in [6, 6.07) is 0. The molecule has 1 fully saturated rings. The molecule has 0 spiro atoms. The molecule has 0 aliphatic carbocycles. The van der Waals surface area contributed by atoms with Crippen molar-refractivity contribution < 1.29 is 4.79 Å². The molecule has 64 valence electrons. The van der Waals surface area contributed by atoms with Crippen LogP contribution < -0.4 is 11.1 Å². The predicted octanol–water partition coefficient (Wildman–Crippen LogP) is -0.0961. The Balaban J connectivity index is 2.27. The third-order valence-electron chi connectivity index (χ3n) is 2.19. The predicted molar refractivity (Wildman–Crippen MR) is 44.3 cm³/mol. The van der Waals surface area contributed by atoms with Crippen LogP contribution in [0.2, 0.25) is 0 Å². The van der Waals surface area contributed by atoms with E-state index in [0.717, 1.165) is 25.9 Å². The maximum atomic E-state index is 11.3. The lowest BCUT2D eigenvalue weighted by Gasteiger charge is -2.20. The Morgan fingerprint density at radius 3 is 2.64 bits per heavy atom. The molecule has 3 nitrogen and oxygen atoms in total. The van der Waals surface area contributed by atoms with Gasteiger partial charge in [0.1, 0.15) is 5.78 Å². The number of nitrogens with one attached hydrogen (secondary N) is 1. The van der Waals surface area contributed by atoms with Gasteiger partial charge in [0.15, 0.2) is 0 Å². The molecule has 0 amide bonds.